The van der Waals surface area contributed by atoms with Gasteiger partial charge in [-0.3, -0.25) is 0 Å². The Morgan fingerprint density at radius 2 is 1.60 bits per heavy atom. The molecule has 1 unspecified atom stereocenters. The quantitative estimate of drug-likeness (QED) is 0.865. The van der Waals surface area contributed by atoms with Gasteiger partial charge in [-0.15, -0.1) is 0 Å². The van der Waals surface area contributed by atoms with Crippen molar-refractivity contribution in [3.63, 3.8) is 0 Å². The van der Waals surface area contributed by atoms with Gasteiger partial charge >= 0.3 is 0 Å². The van der Waals surface area contributed by atoms with Gasteiger partial charge in [0.2, 0.25) is 0 Å². The number of benzene rings is 2. The van der Waals surface area contributed by atoms with E-state index in [-0.39, 0.29) is 0 Å². The fraction of sp³-hybridized carbons (Fsp3) is 0.368. The van der Waals surface area contributed by atoms with Gasteiger partial charge in [0.05, 0.1) is 0 Å². The largest absolute Gasteiger partial charge is 0.306 e. The van der Waals surface area contributed by atoms with Gasteiger partial charge in [-0.1, -0.05) is 48.5 Å². The molecule has 1 N–H and O–H groups in total. The molecule has 0 aliphatic heterocycles. The molecule has 0 aromatic heterocycles. The third-order valence-corrected chi connectivity index (χ3v) is 4.74. The zero-order chi connectivity index (χ0) is 13.4. The minimum atomic E-state index is 0.540. The Balaban J connectivity index is 1.49. The molecule has 20 heavy (non-hydrogen) atoms. The summed E-state index contributed by atoms with van der Waals surface area (Å²) >= 11 is 0. The Morgan fingerprint density at radius 1 is 0.850 bits per heavy atom. The molecule has 4 rings (SSSR count). The molecule has 2 aromatic carbocycles. The van der Waals surface area contributed by atoms with E-state index in [1.807, 2.05) is 0 Å². The van der Waals surface area contributed by atoms with Crippen LogP contribution in [0, 0.1) is 0 Å². The third-order valence-electron chi connectivity index (χ3n) is 4.74. The van der Waals surface area contributed by atoms with Gasteiger partial charge in [-0.2, -0.15) is 0 Å². The van der Waals surface area contributed by atoms with Crippen molar-refractivity contribution in [2.75, 3.05) is 0 Å². The van der Waals surface area contributed by atoms with Crippen molar-refractivity contribution in [1.82, 2.24) is 5.32 Å². The van der Waals surface area contributed by atoms with Crippen LogP contribution in [0.25, 0.3) is 0 Å². The number of rotatable bonds is 4. The molecular formula is C19H21N. The van der Waals surface area contributed by atoms with Crippen LogP contribution in [-0.2, 0) is 13.0 Å². The highest BCUT2D eigenvalue weighted by Gasteiger charge is 2.26. The van der Waals surface area contributed by atoms with Crippen LogP contribution in [0.5, 0.6) is 0 Å². The van der Waals surface area contributed by atoms with Crippen molar-refractivity contribution in [3.05, 3.63) is 70.8 Å². The predicted molar refractivity (Wildman–Crippen MR) is 82.8 cm³/mol. The summed E-state index contributed by atoms with van der Waals surface area (Å²) in [6, 6.07) is 18.4. The molecular weight excluding hydrogens is 242 g/mol. The SMILES string of the molecule is c1ccc(C2CC2)c(CNC2CCc3ccccc32)c1. The van der Waals surface area contributed by atoms with Gasteiger partial charge in [0.25, 0.3) is 0 Å². The van der Waals surface area contributed by atoms with E-state index in [0.29, 0.717) is 6.04 Å². The maximum absolute atomic E-state index is 3.78. The Hall–Kier alpha value is -1.60. The molecule has 0 heterocycles. The lowest BCUT2D eigenvalue weighted by Crippen LogP contribution is -2.19. The van der Waals surface area contributed by atoms with Crippen LogP contribution in [0.15, 0.2) is 48.5 Å². The first kappa shape index (κ1) is 12.2. The zero-order valence-corrected chi connectivity index (χ0v) is 11.8. The van der Waals surface area contributed by atoms with Crippen LogP contribution in [0.3, 0.4) is 0 Å². The standard InChI is InChI=1S/C19H21N/c1-4-8-18-14(5-1)11-12-19(18)20-13-16-6-2-3-7-17(16)15-9-10-15/h1-8,15,19-20H,9-13H2. The Kier molecular flexibility index (Phi) is 3.08. The molecule has 0 saturated heterocycles. The fourth-order valence-electron chi connectivity index (χ4n) is 3.49. The molecule has 0 bridgehead atoms. The highest BCUT2D eigenvalue weighted by Crippen LogP contribution is 2.41. The second kappa shape index (κ2) is 5.06. The van der Waals surface area contributed by atoms with E-state index in [1.165, 1.54) is 42.4 Å². The zero-order valence-electron chi connectivity index (χ0n) is 11.8. The van der Waals surface area contributed by atoms with Gasteiger partial charge in [0, 0.05) is 12.6 Å². The van der Waals surface area contributed by atoms with E-state index in [1.54, 1.807) is 5.56 Å². The number of aryl methyl sites for hydroxylation is 1. The molecule has 0 radical (unpaired) electrons. The molecule has 1 fully saturated rings. The maximum Gasteiger partial charge on any atom is 0.0329 e. The summed E-state index contributed by atoms with van der Waals surface area (Å²) in [5, 5.41) is 3.78. The Bertz CT molecular complexity index is 613. The van der Waals surface area contributed by atoms with Crippen molar-refractivity contribution in [2.24, 2.45) is 0 Å². The molecule has 2 aliphatic carbocycles. The van der Waals surface area contributed by atoms with Crippen molar-refractivity contribution < 1.29 is 0 Å². The predicted octanol–water partition coefficient (Wildman–Crippen LogP) is 4.34. The maximum atomic E-state index is 3.78. The molecule has 1 nitrogen and oxygen atoms in total. The number of nitrogens with one attached hydrogen (secondary N) is 1. The summed E-state index contributed by atoms with van der Waals surface area (Å²) in [7, 11) is 0. The van der Waals surface area contributed by atoms with Crippen LogP contribution < -0.4 is 5.32 Å². The van der Waals surface area contributed by atoms with Crippen molar-refractivity contribution >= 4 is 0 Å². The summed E-state index contributed by atoms with van der Waals surface area (Å²) in [6.45, 7) is 1.01. The first-order valence-electron chi connectivity index (χ1n) is 7.81. The summed E-state index contributed by atoms with van der Waals surface area (Å²) in [6.07, 6.45) is 5.22. The third kappa shape index (κ3) is 2.27. The second-order valence-corrected chi connectivity index (χ2v) is 6.14. The molecule has 1 heteroatoms. The Labute approximate surface area is 121 Å². The molecule has 2 aromatic rings. The number of fused-ring (bicyclic) bond motifs is 1. The summed E-state index contributed by atoms with van der Waals surface area (Å²) in [5.41, 5.74) is 6.11. The van der Waals surface area contributed by atoms with Crippen LogP contribution in [-0.4, -0.2) is 0 Å². The number of hydrogen-bond acceptors (Lipinski definition) is 1. The van der Waals surface area contributed by atoms with E-state index in [0.717, 1.165) is 12.5 Å². The van der Waals surface area contributed by atoms with E-state index < -0.39 is 0 Å². The van der Waals surface area contributed by atoms with Gasteiger partial charge in [-0.25, -0.2) is 0 Å². The molecule has 0 spiro atoms. The first-order valence-corrected chi connectivity index (χ1v) is 7.81. The highest BCUT2D eigenvalue weighted by atomic mass is 14.9. The van der Waals surface area contributed by atoms with Crippen LogP contribution >= 0.6 is 0 Å². The minimum Gasteiger partial charge on any atom is -0.306 e. The fourth-order valence-corrected chi connectivity index (χ4v) is 3.49. The van der Waals surface area contributed by atoms with E-state index in [4.69, 9.17) is 0 Å². The van der Waals surface area contributed by atoms with Crippen molar-refractivity contribution in [3.8, 4) is 0 Å². The summed E-state index contributed by atoms with van der Waals surface area (Å²) in [5.74, 6) is 0.837. The smallest absolute Gasteiger partial charge is 0.0329 e. The minimum absolute atomic E-state index is 0.540. The summed E-state index contributed by atoms with van der Waals surface area (Å²) < 4.78 is 0. The van der Waals surface area contributed by atoms with Crippen molar-refractivity contribution in [1.29, 1.82) is 0 Å². The average Bonchev–Trinajstić information content (AvgIpc) is 3.26. The van der Waals surface area contributed by atoms with Gasteiger partial charge < -0.3 is 5.32 Å². The molecule has 2 aliphatic rings. The Morgan fingerprint density at radius 3 is 2.45 bits per heavy atom. The normalized spacial score (nSPS) is 20.9. The lowest BCUT2D eigenvalue weighted by Gasteiger charge is -2.16. The van der Waals surface area contributed by atoms with Gasteiger partial charge in [0.1, 0.15) is 0 Å². The highest BCUT2D eigenvalue weighted by molar-refractivity contribution is 5.36. The lowest BCUT2D eigenvalue weighted by atomic mass is 10.0. The van der Waals surface area contributed by atoms with E-state index in [9.17, 15) is 0 Å². The van der Waals surface area contributed by atoms with Gasteiger partial charge in [-0.05, 0) is 53.9 Å². The lowest BCUT2D eigenvalue weighted by molar-refractivity contribution is 0.528. The van der Waals surface area contributed by atoms with Gasteiger partial charge in [0.15, 0.2) is 0 Å². The molecule has 1 atom stereocenters. The van der Waals surface area contributed by atoms with Crippen LogP contribution in [0.4, 0.5) is 0 Å². The molecule has 1 saturated carbocycles. The van der Waals surface area contributed by atoms with E-state index in [2.05, 4.69) is 53.8 Å². The van der Waals surface area contributed by atoms with E-state index >= 15 is 0 Å². The van der Waals surface area contributed by atoms with Crippen LogP contribution in [0.2, 0.25) is 0 Å². The second-order valence-electron chi connectivity index (χ2n) is 6.14. The number of hydrogen-bond donors (Lipinski definition) is 1. The van der Waals surface area contributed by atoms with Crippen molar-refractivity contribution in [2.45, 2.75) is 44.2 Å². The first-order chi connectivity index (χ1) is 9.92. The average molecular weight is 263 g/mol. The summed E-state index contributed by atoms with van der Waals surface area (Å²) in [4.78, 5) is 0. The van der Waals surface area contributed by atoms with Crippen LogP contribution in [0.1, 0.15) is 53.5 Å². The molecule has 0 amide bonds. The monoisotopic (exact) mass is 263 g/mol. The molecule has 102 valence electrons. The topological polar surface area (TPSA) is 12.0 Å².